The van der Waals surface area contributed by atoms with E-state index in [0.717, 1.165) is 12.3 Å². The van der Waals surface area contributed by atoms with Crippen LogP contribution in [0.5, 0.6) is 0 Å². The van der Waals surface area contributed by atoms with Gasteiger partial charge in [-0.15, -0.1) is 0 Å². The number of hydrogen-bond acceptors (Lipinski definition) is 0. The van der Waals surface area contributed by atoms with Crippen molar-refractivity contribution in [2.24, 2.45) is 5.92 Å². The fourth-order valence-electron chi connectivity index (χ4n) is 2.35. The Balaban J connectivity index is 1.82. The van der Waals surface area contributed by atoms with Gasteiger partial charge in [-0.1, -0.05) is 72.8 Å². The third-order valence-electron chi connectivity index (χ3n) is 3.60. The molecule has 0 N–H and O–H groups in total. The summed E-state index contributed by atoms with van der Waals surface area (Å²) in [5, 5.41) is 0. The molecule has 0 aliphatic heterocycles. The normalized spacial score (nSPS) is 15.2. The molecule has 0 saturated heterocycles. The molecular weight excluding hydrogens is 228 g/mol. The molecule has 95 valence electrons. The molecule has 19 heavy (non-hydrogen) atoms. The summed E-state index contributed by atoms with van der Waals surface area (Å²) < 4.78 is 0. The zero-order valence-electron chi connectivity index (χ0n) is 11.1. The molecule has 2 aromatic rings. The van der Waals surface area contributed by atoms with E-state index >= 15 is 0 Å². The summed E-state index contributed by atoms with van der Waals surface area (Å²) in [6.45, 7) is 0. The first-order valence-corrected chi connectivity index (χ1v) is 7.07. The molecule has 1 fully saturated rings. The van der Waals surface area contributed by atoms with Crippen molar-refractivity contribution in [1.82, 2.24) is 0 Å². The first-order valence-electron chi connectivity index (χ1n) is 7.07. The lowest BCUT2D eigenvalue weighted by Crippen LogP contribution is -2.00. The lowest BCUT2D eigenvalue weighted by atomic mass is 9.88. The zero-order chi connectivity index (χ0) is 12.9. The Labute approximate surface area is 115 Å². The zero-order valence-corrected chi connectivity index (χ0v) is 11.1. The largest absolute Gasteiger partial charge is 0.0870 e. The van der Waals surface area contributed by atoms with E-state index < -0.39 is 0 Å². The van der Waals surface area contributed by atoms with Crippen LogP contribution in [0.25, 0.3) is 0 Å². The van der Waals surface area contributed by atoms with Crippen LogP contribution >= 0.6 is 0 Å². The predicted molar refractivity (Wildman–Crippen MR) is 80.8 cm³/mol. The smallest absolute Gasteiger partial charge is 0.0377 e. The van der Waals surface area contributed by atoms with Crippen molar-refractivity contribution in [3.05, 3.63) is 89.9 Å². The molecule has 0 heterocycles. The van der Waals surface area contributed by atoms with Crippen LogP contribution in [-0.2, 0) is 0 Å². The van der Waals surface area contributed by atoms with E-state index in [-0.39, 0.29) is 0 Å². The van der Waals surface area contributed by atoms with Crippen molar-refractivity contribution in [3.8, 4) is 0 Å². The number of allylic oxidation sites excluding steroid dienone is 2. The second-order valence-corrected chi connectivity index (χ2v) is 5.18. The van der Waals surface area contributed by atoms with Crippen molar-refractivity contribution >= 4 is 0 Å². The number of benzene rings is 2. The third kappa shape index (κ3) is 3.35. The molecule has 0 bridgehead atoms. The van der Waals surface area contributed by atoms with Gasteiger partial charge >= 0.3 is 0 Å². The summed E-state index contributed by atoms with van der Waals surface area (Å²) in [6.07, 6.45) is 8.49. The molecule has 0 spiro atoms. The van der Waals surface area contributed by atoms with Crippen molar-refractivity contribution in [3.63, 3.8) is 0 Å². The van der Waals surface area contributed by atoms with Crippen LogP contribution in [0.2, 0.25) is 0 Å². The standard InChI is InChI=1S/C19H19/c1-3-9-17(10-4-1)19(13-7-8-16-14-15-16)18-11-5-2-6-12-18/h1-12,16H,13-15H2/b8-7+. The van der Waals surface area contributed by atoms with Gasteiger partial charge in [0.05, 0.1) is 0 Å². The molecule has 0 heteroatoms. The highest BCUT2D eigenvalue weighted by Gasteiger charge is 2.18. The van der Waals surface area contributed by atoms with Crippen LogP contribution in [0.4, 0.5) is 0 Å². The molecule has 1 aliphatic rings. The Bertz CT molecular complexity index is 481. The van der Waals surface area contributed by atoms with E-state index in [1.807, 2.05) is 0 Å². The van der Waals surface area contributed by atoms with Crippen LogP contribution in [0.3, 0.4) is 0 Å². The Morgan fingerprint density at radius 3 is 1.84 bits per heavy atom. The summed E-state index contributed by atoms with van der Waals surface area (Å²) >= 11 is 0. The van der Waals surface area contributed by atoms with Crippen LogP contribution in [-0.4, -0.2) is 0 Å². The Kier molecular flexibility index (Phi) is 3.78. The quantitative estimate of drug-likeness (QED) is 0.651. The van der Waals surface area contributed by atoms with Gasteiger partial charge in [0.15, 0.2) is 0 Å². The lowest BCUT2D eigenvalue weighted by Gasteiger charge is -2.15. The van der Waals surface area contributed by atoms with Crippen LogP contribution in [0.15, 0.2) is 72.8 Å². The minimum atomic E-state index is 0.854. The van der Waals surface area contributed by atoms with E-state index in [9.17, 15) is 0 Å². The van der Waals surface area contributed by atoms with Gasteiger partial charge in [-0.25, -0.2) is 0 Å². The topological polar surface area (TPSA) is 0 Å². The van der Waals surface area contributed by atoms with E-state index in [1.54, 1.807) is 0 Å². The highest BCUT2D eigenvalue weighted by Crippen LogP contribution is 2.32. The second-order valence-electron chi connectivity index (χ2n) is 5.18. The highest BCUT2D eigenvalue weighted by molar-refractivity contribution is 5.46. The molecule has 1 radical (unpaired) electrons. The fraction of sp³-hybridized carbons (Fsp3) is 0.211. The van der Waals surface area contributed by atoms with Crippen molar-refractivity contribution in [2.75, 3.05) is 0 Å². The van der Waals surface area contributed by atoms with Gasteiger partial charge in [0, 0.05) is 5.92 Å². The minimum Gasteiger partial charge on any atom is -0.0870 e. The maximum Gasteiger partial charge on any atom is 0.0377 e. The Morgan fingerprint density at radius 1 is 0.842 bits per heavy atom. The average molecular weight is 247 g/mol. The molecule has 1 saturated carbocycles. The van der Waals surface area contributed by atoms with Crippen molar-refractivity contribution in [2.45, 2.75) is 19.3 Å². The fourth-order valence-corrected chi connectivity index (χ4v) is 2.35. The highest BCUT2D eigenvalue weighted by atomic mass is 14.2. The second kappa shape index (κ2) is 5.88. The van der Waals surface area contributed by atoms with Crippen LogP contribution in [0, 0.1) is 11.8 Å². The summed E-state index contributed by atoms with van der Waals surface area (Å²) in [5.74, 6) is 2.27. The molecule has 0 amide bonds. The van der Waals surface area contributed by atoms with E-state index in [4.69, 9.17) is 0 Å². The van der Waals surface area contributed by atoms with Gasteiger partial charge in [0.1, 0.15) is 0 Å². The predicted octanol–water partition coefficient (Wildman–Crippen LogP) is 5.01. The SMILES string of the molecule is C(=C\C1CC1)/C[C](c1ccccc1)c1ccccc1. The first kappa shape index (κ1) is 12.2. The van der Waals surface area contributed by atoms with Gasteiger partial charge < -0.3 is 0 Å². The first-order chi connectivity index (χ1) is 9.43. The van der Waals surface area contributed by atoms with E-state index in [1.165, 1.54) is 29.9 Å². The maximum absolute atomic E-state index is 2.38. The van der Waals surface area contributed by atoms with Crippen LogP contribution < -0.4 is 0 Å². The average Bonchev–Trinajstić information content (AvgIpc) is 3.30. The minimum absolute atomic E-state index is 0.854. The Morgan fingerprint density at radius 2 is 1.37 bits per heavy atom. The summed E-state index contributed by atoms with van der Waals surface area (Å²) in [7, 11) is 0. The third-order valence-corrected chi connectivity index (χ3v) is 3.60. The van der Waals surface area contributed by atoms with Crippen LogP contribution in [0.1, 0.15) is 30.4 Å². The summed E-state index contributed by atoms with van der Waals surface area (Å²) in [4.78, 5) is 0. The molecular formula is C19H19. The van der Waals surface area contributed by atoms with Gasteiger partial charge in [0.2, 0.25) is 0 Å². The number of rotatable bonds is 5. The summed E-state index contributed by atoms with van der Waals surface area (Å²) in [5.41, 5.74) is 2.66. The van der Waals surface area contributed by atoms with Gasteiger partial charge in [-0.05, 0) is 36.3 Å². The molecule has 0 unspecified atom stereocenters. The van der Waals surface area contributed by atoms with Crippen molar-refractivity contribution in [1.29, 1.82) is 0 Å². The van der Waals surface area contributed by atoms with Gasteiger partial charge in [0.25, 0.3) is 0 Å². The molecule has 0 atom stereocenters. The summed E-state index contributed by atoms with van der Waals surface area (Å²) in [6, 6.07) is 21.4. The monoisotopic (exact) mass is 247 g/mol. The molecule has 0 aromatic heterocycles. The molecule has 1 aliphatic carbocycles. The van der Waals surface area contributed by atoms with E-state index in [2.05, 4.69) is 72.8 Å². The molecule has 2 aromatic carbocycles. The van der Waals surface area contributed by atoms with Gasteiger partial charge in [-0.2, -0.15) is 0 Å². The van der Waals surface area contributed by atoms with Gasteiger partial charge in [-0.3, -0.25) is 0 Å². The molecule has 3 rings (SSSR count). The van der Waals surface area contributed by atoms with Crippen molar-refractivity contribution < 1.29 is 0 Å². The number of hydrogen-bond donors (Lipinski definition) is 0. The van der Waals surface area contributed by atoms with E-state index in [0.29, 0.717) is 0 Å². The maximum atomic E-state index is 2.38. The Hall–Kier alpha value is -1.82. The lowest BCUT2D eigenvalue weighted by molar-refractivity contribution is 1.04. The molecule has 0 nitrogen and oxygen atoms in total.